The van der Waals surface area contributed by atoms with Gasteiger partial charge >= 0.3 is 5.97 Å². The summed E-state index contributed by atoms with van der Waals surface area (Å²) in [5.41, 5.74) is -0.0344. The molecule has 1 aromatic carbocycles. The Morgan fingerprint density at radius 2 is 2.05 bits per heavy atom. The van der Waals surface area contributed by atoms with Gasteiger partial charge in [-0.3, -0.25) is 0 Å². The fraction of sp³-hybridized carbons (Fsp3) is 0.312. The van der Waals surface area contributed by atoms with Gasteiger partial charge in [0.25, 0.3) is 0 Å². The number of para-hydroxylation sites is 1. The molecule has 0 bridgehead atoms. The van der Waals surface area contributed by atoms with E-state index < -0.39 is 11.5 Å². The zero-order valence-electron chi connectivity index (χ0n) is 12.1. The van der Waals surface area contributed by atoms with Crippen molar-refractivity contribution in [2.24, 2.45) is 0 Å². The van der Waals surface area contributed by atoms with Crippen molar-refractivity contribution in [2.75, 3.05) is 5.32 Å². The molecule has 0 saturated carbocycles. The van der Waals surface area contributed by atoms with Gasteiger partial charge in [-0.15, -0.1) is 0 Å². The third-order valence-corrected chi connectivity index (χ3v) is 3.82. The number of aromatic nitrogens is 1. The fourth-order valence-electron chi connectivity index (χ4n) is 2.31. The number of pyridine rings is 1. The Balaban J connectivity index is 2.55. The summed E-state index contributed by atoms with van der Waals surface area (Å²) in [5.74, 6) is -0.617. The molecular formula is C16H17N3O2. The lowest BCUT2D eigenvalue weighted by Gasteiger charge is -2.29. The number of fused-ring (bicyclic) bond motifs is 1. The summed E-state index contributed by atoms with van der Waals surface area (Å²) >= 11 is 0. The SMILES string of the molecule is CCC(CC)(Nc1nc2ccccc2cc1C#N)C(=O)O. The van der Waals surface area contributed by atoms with Crippen LogP contribution in [0.15, 0.2) is 30.3 Å². The standard InChI is InChI=1S/C16H17N3O2/c1-3-16(4-2,15(20)21)19-14-12(10-17)9-11-7-5-6-8-13(11)18-14/h5-9H,3-4H2,1-2H3,(H,18,19)(H,20,21). The maximum atomic E-state index is 11.6. The number of anilines is 1. The largest absolute Gasteiger partial charge is 0.480 e. The zero-order valence-corrected chi connectivity index (χ0v) is 12.1. The number of rotatable bonds is 5. The van der Waals surface area contributed by atoms with Gasteiger partial charge in [-0.1, -0.05) is 32.0 Å². The molecule has 1 heterocycles. The van der Waals surface area contributed by atoms with Crippen molar-refractivity contribution in [2.45, 2.75) is 32.2 Å². The van der Waals surface area contributed by atoms with E-state index in [9.17, 15) is 15.2 Å². The number of carboxylic acids is 1. The summed E-state index contributed by atoms with van der Waals surface area (Å²) in [6.45, 7) is 3.61. The summed E-state index contributed by atoms with van der Waals surface area (Å²) in [5, 5.41) is 22.6. The molecule has 0 aliphatic carbocycles. The van der Waals surface area contributed by atoms with Crippen LogP contribution in [-0.2, 0) is 4.79 Å². The number of aliphatic carboxylic acids is 1. The van der Waals surface area contributed by atoms with Crippen LogP contribution >= 0.6 is 0 Å². The zero-order chi connectivity index (χ0) is 15.5. The molecular weight excluding hydrogens is 266 g/mol. The average Bonchev–Trinajstić information content (AvgIpc) is 2.51. The van der Waals surface area contributed by atoms with Gasteiger partial charge in [0.1, 0.15) is 17.4 Å². The van der Waals surface area contributed by atoms with Crippen LogP contribution in [0.25, 0.3) is 10.9 Å². The highest BCUT2D eigenvalue weighted by Crippen LogP contribution is 2.26. The molecule has 1 aromatic heterocycles. The number of benzene rings is 1. The van der Waals surface area contributed by atoms with Crippen molar-refractivity contribution in [3.63, 3.8) is 0 Å². The Hall–Kier alpha value is -2.61. The van der Waals surface area contributed by atoms with Gasteiger partial charge in [0.2, 0.25) is 0 Å². The van der Waals surface area contributed by atoms with E-state index in [-0.39, 0.29) is 0 Å². The van der Waals surface area contributed by atoms with Gasteiger partial charge in [-0.05, 0) is 25.0 Å². The molecule has 0 atom stereocenters. The Morgan fingerprint density at radius 3 is 2.62 bits per heavy atom. The number of carbonyl (C=O) groups is 1. The third-order valence-electron chi connectivity index (χ3n) is 3.82. The highest BCUT2D eigenvalue weighted by Gasteiger charge is 2.35. The molecule has 0 spiro atoms. The van der Waals surface area contributed by atoms with Crippen molar-refractivity contribution in [1.29, 1.82) is 5.26 Å². The first kappa shape index (κ1) is 14.8. The monoisotopic (exact) mass is 283 g/mol. The van der Waals surface area contributed by atoms with Gasteiger partial charge in [0.05, 0.1) is 11.1 Å². The molecule has 0 amide bonds. The van der Waals surface area contributed by atoms with Crippen LogP contribution in [0, 0.1) is 11.3 Å². The van der Waals surface area contributed by atoms with Crippen molar-refractivity contribution in [1.82, 2.24) is 4.98 Å². The Bertz CT molecular complexity index is 715. The van der Waals surface area contributed by atoms with Crippen molar-refractivity contribution in [3.05, 3.63) is 35.9 Å². The van der Waals surface area contributed by atoms with Crippen molar-refractivity contribution < 1.29 is 9.90 Å². The van der Waals surface area contributed by atoms with Gasteiger partial charge in [-0.2, -0.15) is 5.26 Å². The lowest BCUT2D eigenvalue weighted by Crippen LogP contribution is -2.45. The van der Waals surface area contributed by atoms with E-state index in [0.29, 0.717) is 24.2 Å². The molecule has 5 heteroatoms. The molecule has 2 N–H and O–H groups in total. The van der Waals surface area contributed by atoms with Crippen molar-refractivity contribution >= 4 is 22.7 Å². The number of nitrogens with one attached hydrogen (secondary N) is 1. The molecule has 0 aliphatic heterocycles. The van der Waals surface area contributed by atoms with Crippen LogP contribution in [-0.4, -0.2) is 21.6 Å². The Kier molecular flexibility index (Phi) is 4.08. The molecule has 0 saturated heterocycles. The van der Waals surface area contributed by atoms with Gasteiger partial charge in [0.15, 0.2) is 0 Å². The summed E-state index contributed by atoms with van der Waals surface area (Å²) in [4.78, 5) is 16.0. The summed E-state index contributed by atoms with van der Waals surface area (Å²) in [6.07, 6.45) is 0.802. The lowest BCUT2D eigenvalue weighted by molar-refractivity contribution is -0.142. The number of nitrogens with zero attached hydrogens (tertiary/aromatic N) is 2. The Labute approximate surface area is 123 Å². The average molecular weight is 283 g/mol. The van der Waals surface area contributed by atoms with E-state index in [1.165, 1.54) is 0 Å². The summed E-state index contributed by atoms with van der Waals surface area (Å²) < 4.78 is 0. The first-order valence-electron chi connectivity index (χ1n) is 6.87. The number of carboxylic acid groups (broad SMARTS) is 1. The predicted octanol–water partition coefficient (Wildman–Crippen LogP) is 3.16. The molecule has 0 aliphatic rings. The van der Waals surface area contributed by atoms with Crippen LogP contribution in [0.5, 0.6) is 0 Å². The van der Waals surface area contributed by atoms with E-state index in [2.05, 4.69) is 16.4 Å². The van der Waals surface area contributed by atoms with Crippen LogP contribution < -0.4 is 5.32 Å². The van der Waals surface area contributed by atoms with E-state index in [1.807, 2.05) is 24.3 Å². The highest BCUT2D eigenvalue weighted by molar-refractivity contribution is 5.86. The van der Waals surface area contributed by atoms with Crippen LogP contribution in [0.1, 0.15) is 32.3 Å². The first-order valence-corrected chi connectivity index (χ1v) is 6.87. The fourth-order valence-corrected chi connectivity index (χ4v) is 2.31. The first-order chi connectivity index (χ1) is 10.1. The highest BCUT2D eigenvalue weighted by atomic mass is 16.4. The second-order valence-electron chi connectivity index (χ2n) is 4.91. The van der Waals surface area contributed by atoms with Crippen LogP contribution in [0.3, 0.4) is 0 Å². The number of nitriles is 1. The number of hydrogen-bond donors (Lipinski definition) is 2. The molecule has 5 nitrogen and oxygen atoms in total. The third kappa shape index (κ3) is 2.65. The molecule has 0 radical (unpaired) electrons. The normalized spacial score (nSPS) is 11.1. The van der Waals surface area contributed by atoms with Gasteiger partial charge < -0.3 is 10.4 Å². The van der Waals surface area contributed by atoms with E-state index >= 15 is 0 Å². The van der Waals surface area contributed by atoms with Crippen molar-refractivity contribution in [3.8, 4) is 6.07 Å². The molecule has 0 unspecified atom stereocenters. The van der Waals surface area contributed by atoms with E-state index in [0.717, 1.165) is 10.9 Å². The summed E-state index contributed by atoms with van der Waals surface area (Å²) in [7, 11) is 0. The minimum absolute atomic E-state index is 0.322. The maximum Gasteiger partial charge on any atom is 0.329 e. The quantitative estimate of drug-likeness (QED) is 0.880. The molecule has 2 aromatic rings. The van der Waals surface area contributed by atoms with Gasteiger partial charge in [-0.25, -0.2) is 9.78 Å². The minimum atomic E-state index is -1.11. The topological polar surface area (TPSA) is 86.0 Å². The smallest absolute Gasteiger partial charge is 0.329 e. The van der Waals surface area contributed by atoms with Crippen LogP contribution in [0.4, 0.5) is 5.82 Å². The Morgan fingerprint density at radius 1 is 1.38 bits per heavy atom. The molecule has 21 heavy (non-hydrogen) atoms. The lowest BCUT2D eigenvalue weighted by atomic mass is 9.92. The summed E-state index contributed by atoms with van der Waals surface area (Å²) in [6, 6.07) is 11.2. The molecule has 0 fully saturated rings. The predicted molar refractivity (Wildman–Crippen MR) is 81.0 cm³/mol. The second kappa shape index (κ2) is 5.80. The minimum Gasteiger partial charge on any atom is -0.480 e. The van der Waals surface area contributed by atoms with Crippen LogP contribution in [0.2, 0.25) is 0 Å². The maximum absolute atomic E-state index is 11.6. The van der Waals surface area contributed by atoms with E-state index in [4.69, 9.17) is 0 Å². The molecule has 108 valence electrons. The molecule has 2 rings (SSSR count). The number of hydrogen-bond acceptors (Lipinski definition) is 4. The van der Waals surface area contributed by atoms with Gasteiger partial charge in [0, 0.05) is 5.39 Å². The second-order valence-corrected chi connectivity index (χ2v) is 4.91. The van der Waals surface area contributed by atoms with E-state index in [1.54, 1.807) is 19.9 Å².